The van der Waals surface area contributed by atoms with Crippen LogP contribution in [0, 0.1) is 21.4 Å². The van der Waals surface area contributed by atoms with Gasteiger partial charge in [-0.2, -0.15) is 5.26 Å². The Bertz CT molecular complexity index is 730. The smallest absolute Gasteiger partial charge is 0.315 e. The summed E-state index contributed by atoms with van der Waals surface area (Å²) >= 11 is 0. The number of carbonyl (C=O) groups is 1. The van der Waals surface area contributed by atoms with E-state index < -0.39 is 28.0 Å². The monoisotopic (exact) mass is 331 g/mol. The molecule has 1 amide bonds. The minimum absolute atomic E-state index is 0.0190. The van der Waals surface area contributed by atoms with Crippen molar-refractivity contribution in [1.82, 2.24) is 5.32 Å². The predicted octanol–water partition coefficient (Wildman–Crippen LogP) is 2.36. The second-order valence-corrected chi connectivity index (χ2v) is 5.64. The number of phenols is 2. The molecule has 3 N–H and O–H groups in total. The summed E-state index contributed by atoms with van der Waals surface area (Å²) in [6.07, 6.45) is 6.03. The summed E-state index contributed by atoms with van der Waals surface area (Å²) in [5, 5.41) is 41.8. The number of nitro groups is 1. The fourth-order valence-electron chi connectivity index (χ4n) is 2.67. The number of amides is 1. The summed E-state index contributed by atoms with van der Waals surface area (Å²) in [6, 6.07) is 3.81. The van der Waals surface area contributed by atoms with E-state index in [0.29, 0.717) is 0 Å². The summed E-state index contributed by atoms with van der Waals surface area (Å²) in [4.78, 5) is 22.2. The van der Waals surface area contributed by atoms with Crippen molar-refractivity contribution in [2.24, 2.45) is 0 Å². The molecule has 24 heavy (non-hydrogen) atoms. The molecule has 126 valence electrons. The average molecular weight is 331 g/mol. The number of aromatic hydroxyl groups is 2. The van der Waals surface area contributed by atoms with Gasteiger partial charge in [-0.05, 0) is 30.5 Å². The topological polar surface area (TPSA) is 136 Å². The Morgan fingerprint density at radius 1 is 1.33 bits per heavy atom. The molecule has 1 aromatic rings. The van der Waals surface area contributed by atoms with Crippen LogP contribution in [0.25, 0.3) is 6.08 Å². The maximum absolute atomic E-state index is 12.2. The minimum Gasteiger partial charge on any atom is -0.504 e. The SMILES string of the molecule is N#C/C(=C\c1cc(O)c(O)c([N+](=O)[O-])c1)C(=O)NC1CCCCC1. The predicted molar refractivity (Wildman–Crippen MR) is 85.0 cm³/mol. The van der Waals surface area contributed by atoms with Crippen molar-refractivity contribution in [3.63, 3.8) is 0 Å². The fourth-order valence-corrected chi connectivity index (χ4v) is 2.67. The molecule has 0 aliphatic heterocycles. The van der Waals surface area contributed by atoms with Crippen LogP contribution in [-0.2, 0) is 4.79 Å². The van der Waals surface area contributed by atoms with Crippen molar-refractivity contribution in [3.05, 3.63) is 33.4 Å². The minimum atomic E-state index is -0.861. The van der Waals surface area contributed by atoms with Gasteiger partial charge in [0.05, 0.1) is 4.92 Å². The Morgan fingerprint density at radius 2 is 2.00 bits per heavy atom. The van der Waals surface area contributed by atoms with Crippen LogP contribution < -0.4 is 5.32 Å². The number of phenolic OH excluding ortho intramolecular Hbond substituents is 2. The van der Waals surface area contributed by atoms with Crippen LogP contribution in [0.3, 0.4) is 0 Å². The van der Waals surface area contributed by atoms with Crippen molar-refractivity contribution >= 4 is 17.7 Å². The molecule has 1 fully saturated rings. The molecule has 8 heteroatoms. The lowest BCUT2D eigenvalue weighted by atomic mass is 9.95. The third-order valence-electron chi connectivity index (χ3n) is 3.91. The summed E-state index contributed by atoms with van der Waals surface area (Å²) < 4.78 is 0. The van der Waals surface area contributed by atoms with E-state index in [4.69, 9.17) is 5.26 Å². The van der Waals surface area contributed by atoms with Crippen molar-refractivity contribution in [3.8, 4) is 17.6 Å². The first kappa shape index (κ1) is 17.3. The molecular weight excluding hydrogens is 314 g/mol. The summed E-state index contributed by atoms with van der Waals surface area (Å²) in [7, 11) is 0. The zero-order valence-corrected chi connectivity index (χ0v) is 12.9. The molecule has 8 nitrogen and oxygen atoms in total. The van der Waals surface area contributed by atoms with E-state index in [1.54, 1.807) is 6.07 Å². The second kappa shape index (κ2) is 7.46. The first-order valence-electron chi connectivity index (χ1n) is 7.55. The third-order valence-corrected chi connectivity index (χ3v) is 3.91. The van der Waals surface area contributed by atoms with E-state index in [-0.39, 0.29) is 17.2 Å². The van der Waals surface area contributed by atoms with E-state index >= 15 is 0 Å². The molecule has 2 rings (SSSR count). The number of nitrogens with one attached hydrogen (secondary N) is 1. The normalized spacial score (nSPS) is 15.5. The van der Waals surface area contributed by atoms with Gasteiger partial charge in [0, 0.05) is 12.1 Å². The molecule has 1 aromatic carbocycles. The van der Waals surface area contributed by atoms with Crippen molar-refractivity contribution in [2.45, 2.75) is 38.1 Å². The van der Waals surface area contributed by atoms with Gasteiger partial charge in [-0.3, -0.25) is 14.9 Å². The molecule has 1 aliphatic rings. The van der Waals surface area contributed by atoms with E-state index in [1.165, 1.54) is 0 Å². The van der Waals surface area contributed by atoms with Crippen molar-refractivity contribution in [2.75, 3.05) is 0 Å². The maximum Gasteiger partial charge on any atom is 0.315 e. The lowest BCUT2D eigenvalue weighted by molar-refractivity contribution is -0.386. The van der Waals surface area contributed by atoms with Crippen LogP contribution in [0.4, 0.5) is 5.69 Å². The van der Waals surface area contributed by atoms with Crippen LogP contribution >= 0.6 is 0 Å². The molecule has 0 heterocycles. The number of hydrogen-bond acceptors (Lipinski definition) is 6. The quantitative estimate of drug-likeness (QED) is 0.255. The number of nitro benzene ring substituents is 1. The van der Waals surface area contributed by atoms with Gasteiger partial charge in [0.25, 0.3) is 5.91 Å². The Kier molecular flexibility index (Phi) is 5.37. The summed E-state index contributed by atoms with van der Waals surface area (Å²) in [5.74, 6) is -2.11. The highest BCUT2D eigenvalue weighted by Crippen LogP contribution is 2.36. The molecule has 0 radical (unpaired) electrons. The van der Waals surface area contributed by atoms with Gasteiger partial charge >= 0.3 is 5.69 Å². The Labute approximate surface area is 138 Å². The fraction of sp³-hybridized carbons (Fsp3) is 0.375. The lowest BCUT2D eigenvalue weighted by Gasteiger charge is -2.22. The number of nitriles is 1. The second-order valence-electron chi connectivity index (χ2n) is 5.64. The average Bonchev–Trinajstić information content (AvgIpc) is 2.56. The number of carbonyl (C=O) groups excluding carboxylic acids is 1. The number of nitrogens with zero attached hydrogens (tertiary/aromatic N) is 2. The zero-order valence-electron chi connectivity index (χ0n) is 12.9. The number of hydrogen-bond donors (Lipinski definition) is 3. The van der Waals surface area contributed by atoms with Crippen LogP contribution in [0.1, 0.15) is 37.7 Å². The van der Waals surface area contributed by atoms with Crippen LogP contribution in [0.5, 0.6) is 11.5 Å². The highest BCUT2D eigenvalue weighted by Gasteiger charge is 2.21. The van der Waals surface area contributed by atoms with Gasteiger partial charge in [-0.1, -0.05) is 19.3 Å². The first-order chi connectivity index (χ1) is 11.4. The Morgan fingerprint density at radius 3 is 2.58 bits per heavy atom. The maximum atomic E-state index is 12.2. The zero-order chi connectivity index (χ0) is 17.7. The largest absolute Gasteiger partial charge is 0.504 e. The van der Waals surface area contributed by atoms with Crippen molar-refractivity contribution in [1.29, 1.82) is 5.26 Å². The highest BCUT2D eigenvalue weighted by molar-refractivity contribution is 6.02. The summed E-state index contributed by atoms with van der Waals surface area (Å²) in [5.41, 5.74) is -0.849. The third kappa shape index (κ3) is 4.01. The lowest BCUT2D eigenvalue weighted by Crippen LogP contribution is -2.36. The molecule has 1 aliphatic carbocycles. The molecule has 0 aromatic heterocycles. The Balaban J connectivity index is 2.25. The molecule has 0 spiro atoms. The molecule has 0 saturated heterocycles. The van der Waals surface area contributed by atoms with Gasteiger partial charge in [0.2, 0.25) is 5.75 Å². The molecule has 0 unspecified atom stereocenters. The van der Waals surface area contributed by atoms with Gasteiger partial charge in [0.15, 0.2) is 5.75 Å². The van der Waals surface area contributed by atoms with Gasteiger partial charge in [0.1, 0.15) is 11.6 Å². The van der Waals surface area contributed by atoms with Gasteiger partial charge in [-0.25, -0.2) is 0 Å². The number of benzene rings is 1. The van der Waals surface area contributed by atoms with E-state index in [1.807, 2.05) is 0 Å². The van der Waals surface area contributed by atoms with E-state index in [9.17, 15) is 25.1 Å². The number of rotatable bonds is 4. The Hall–Kier alpha value is -3.08. The van der Waals surface area contributed by atoms with Gasteiger partial charge < -0.3 is 15.5 Å². The highest BCUT2D eigenvalue weighted by atomic mass is 16.6. The standard InChI is InChI=1S/C16H17N3O5/c17-9-11(16(22)18-12-4-2-1-3-5-12)6-10-7-13(19(23)24)15(21)14(20)8-10/h6-8,12,20-21H,1-5H2,(H,18,22)/b11-6+. The molecule has 0 atom stereocenters. The first-order valence-corrected chi connectivity index (χ1v) is 7.55. The van der Waals surface area contributed by atoms with E-state index in [0.717, 1.165) is 50.3 Å². The van der Waals surface area contributed by atoms with Crippen LogP contribution in [0.15, 0.2) is 17.7 Å². The molecule has 0 bridgehead atoms. The molecule has 1 saturated carbocycles. The summed E-state index contributed by atoms with van der Waals surface area (Å²) in [6.45, 7) is 0. The van der Waals surface area contributed by atoms with Crippen LogP contribution in [0.2, 0.25) is 0 Å². The van der Waals surface area contributed by atoms with E-state index in [2.05, 4.69) is 5.32 Å². The van der Waals surface area contributed by atoms with Gasteiger partial charge in [-0.15, -0.1) is 0 Å². The molecular formula is C16H17N3O5. The van der Waals surface area contributed by atoms with Crippen LogP contribution in [-0.4, -0.2) is 27.1 Å². The van der Waals surface area contributed by atoms with Crippen molar-refractivity contribution < 1.29 is 19.9 Å².